The van der Waals surface area contributed by atoms with Gasteiger partial charge in [0.1, 0.15) is 5.52 Å². The van der Waals surface area contributed by atoms with Crippen LogP contribution in [0.4, 0.5) is 11.4 Å². The maximum Gasteiger partial charge on any atom is 0.305 e. The summed E-state index contributed by atoms with van der Waals surface area (Å²) in [4.78, 5) is 17.4. The number of oxazole rings is 1. The van der Waals surface area contributed by atoms with Crippen LogP contribution >= 0.6 is 0 Å². The number of hydrogen-bond donors (Lipinski definition) is 2. The molecule has 2 N–H and O–H groups in total. The number of aliphatic carboxylic acids is 1. The Labute approximate surface area is 151 Å². The maximum absolute atomic E-state index is 10.7. The minimum Gasteiger partial charge on any atom is -0.481 e. The zero-order chi connectivity index (χ0) is 17.9. The number of benzene rings is 1. The standard InChI is InChI=1S/C18H23N3O5/c22-15(23)3-6-19-13-1-2-14(16-17(13)26-11-20-16)21-7-4-12(5-8-21)18-24-9-10-25-18/h1-2,11-12,18-19H,3-10H2,(H,22,23). The number of nitrogens with one attached hydrogen (secondary N) is 1. The zero-order valence-electron chi connectivity index (χ0n) is 14.5. The Balaban J connectivity index is 1.45. The summed E-state index contributed by atoms with van der Waals surface area (Å²) >= 11 is 0. The van der Waals surface area contributed by atoms with E-state index in [-0.39, 0.29) is 12.7 Å². The van der Waals surface area contributed by atoms with Crippen molar-refractivity contribution in [2.24, 2.45) is 5.92 Å². The van der Waals surface area contributed by atoms with Gasteiger partial charge in [0.15, 0.2) is 18.3 Å². The third-order valence-corrected chi connectivity index (χ3v) is 5.03. The SMILES string of the molecule is O=C(O)CCNc1ccc(N2CCC(C3OCCO3)CC2)c2ncoc12. The molecule has 0 bridgehead atoms. The van der Waals surface area contributed by atoms with Gasteiger partial charge < -0.3 is 29.2 Å². The molecular formula is C18H23N3O5. The molecule has 2 fully saturated rings. The van der Waals surface area contributed by atoms with Crippen LogP contribution in [0.5, 0.6) is 0 Å². The summed E-state index contributed by atoms with van der Waals surface area (Å²) in [5.74, 6) is -0.389. The average molecular weight is 361 g/mol. The van der Waals surface area contributed by atoms with Gasteiger partial charge in [-0.2, -0.15) is 0 Å². The highest BCUT2D eigenvalue weighted by atomic mass is 16.7. The lowest BCUT2D eigenvalue weighted by atomic mass is 9.95. The predicted molar refractivity (Wildman–Crippen MR) is 95.4 cm³/mol. The number of rotatable bonds is 6. The zero-order valence-corrected chi connectivity index (χ0v) is 14.5. The summed E-state index contributed by atoms with van der Waals surface area (Å²) in [5, 5.41) is 11.9. The molecule has 26 heavy (non-hydrogen) atoms. The third-order valence-electron chi connectivity index (χ3n) is 5.03. The van der Waals surface area contributed by atoms with Crippen molar-refractivity contribution >= 4 is 28.4 Å². The highest BCUT2D eigenvalue weighted by molar-refractivity contribution is 5.95. The molecule has 2 saturated heterocycles. The maximum atomic E-state index is 10.7. The largest absolute Gasteiger partial charge is 0.481 e. The van der Waals surface area contributed by atoms with Crippen LogP contribution in [-0.4, -0.2) is 55.2 Å². The number of fused-ring (bicyclic) bond motifs is 1. The van der Waals surface area contributed by atoms with Crippen LogP contribution in [0, 0.1) is 5.92 Å². The van der Waals surface area contributed by atoms with E-state index in [4.69, 9.17) is 19.0 Å². The Hall–Kier alpha value is -2.32. The number of nitrogens with zero attached hydrogens (tertiary/aromatic N) is 2. The lowest BCUT2D eigenvalue weighted by Gasteiger charge is -2.35. The number of carboxylic acids is 1. The molecule has 2 aliphatic heterocycles. The van der Waals surface area contributed by atoms with Crippen molar-refractivity contribution in [3.63, 3.8) is 0 Å². The van der Waals surface area contributed by atoms with E-state index in [2.05, 4.69) is 15.2 Å². The van der Waals surface area contributed by atoms with Crippen LogP contribution in [0.25, 0.3) is 11.1 Å². The van der Waals surface area contributed by atoms with E-state index in [1.54, 1.807) is 0 Å². The van der Waals surface area contributed by atoms with Gasteiger partial charge in [-0.3, -0.25) is 4.79 Å². The van der Waals surface area contributed by atoms with Crippen LogP contribution in [0.15, 0.2) is 22.9 Å². The Morgan fingerprint density at radius 3 is 2.77 bits per heavy atom. The van der Waals surface area contributed by atoms with Gasteiger partial charge >= 0.3 is 5.97 Å². The van der Waals surface area contributed by atoms with Crippen LogP contribution in [0.1, 0.15) is 19.3 Å². The molecule has 3 heterocycles. The first-order valence-electron chi connectivity index (χ1n) is 9.02. The van der Waals surface area contributed by atoms with Crippen LogP contribution in [-0.2, 0) is 14.3 Å². The number of piperidine rings is 1. The van der Waals surface area contributed by atoms with E-state index in [9.17, 15) is 4.79 Å². The Morgan fingerprint density at radius 2 is 2.04 bits per heavy atom. The molecule has 4 rings (SSSR count). The van der Waals surface area contributed by atoms with Crippen molar-refractivity contribution in [2.75, 3.05) is 43.1 Å². The Bertz CT molecular complexity index is 763. The second-order valence-electron chi connectivity index (χ2n) is 6.67. The molecule has 0 amide bonds. The van der Waals surface area contributed by atoms with Gasteiger partial charge in [0.05, 0.1) is 31.0 Å². The lowest BCUT2D eigenvalue weighted by Crippen LogP contribution is -2.38. The number of carboxylic acid groups (broad SMARTS) is 1. The van der Waals surface area contributed by atoms with Crippen molar-refractivity contribution < 1.29 is 23.8 Å². The molecular weight excluding hydrogens is 338 g/mol. The van der Waals surface area contributed by atoms with Crippen molar-refractivity contribution in [2.45, 2.75) is 25.6 Å². The van der Waals surface area contributed by atoms with Crippen molar-refractivity contribution in [3.05, 3.63) is 18.5 Å². The first-order valence-corrected chi connectivity index (χ1v) is 9.02. The van der Waals surface area contributed by atoms with E-state index < -0.39 is 5.97 Å². The van der Waals surface area contributed by atoms with Crippen LogP contribution < -0.4 is 10.2 Å². The molecule has 0 spiro atoms. The Kier molecular flexibility index (Phi) is 4.94. The Morgan fingerprint density at radius 1 is 1.27 bits per heavy atom. The number of hydrogen-bond acceptors (Lipinski definition) is 7. The molecule has 0 saturated carbocycles. The van der Waals surface area contributed by atoms with E-state index in [0.717, 1.165) is 42.8 Å². The fourth-order valence-corrected chi connectivity index (χ4v) is 3.70. The molecule has 1 aromatic carbocycles. The molecule has 8 nitrogen and oxygen atoms in total. The van der Waals surface area contributed by atoms with Crippen molar-refractivity contribution in [3.8, 4) is 0 Å². The summed E-state index contributed by atoms with van der Waals surface area (Å²) < 4.78 is 16.8. The first kappa shape index (κ1) is 17.1. The number of carbonyl (C=O) groups is 1. The lowest BCUT2D eigenvalue weighted by molar-refractivity contribution is -0.136. The summed E-state index contributed by atoms with van der Waals surface area (Å²) in [5.41, 5.74) is 3.28. The van der Waals surface area contributed by atoms with Gasteiger partial charge in [0.2, 0.25) is 0 Å². The summed E-state index contributed by atoms with van der Waals surface area (Å²) in [6.45, 7) is 3.57. The minimum absolute atomic E-state index is 0.0509. The summed E-state index contributed by atoms with van der Waals surface area (Å²) in [7, 11) is 0. The second kappa shape index (κ2) is 7.51. The smallest absolute Gasteiger partial charge is 0.305 e. The molecule has 0 atom stereocenters. The summed E-state index contributed by atoms with van der Waals surface area (Å²) in [6, 6.07) is 3.96. The van der Waals surface area contributed by atoms with E-state index in [1.165, 1.54) is 6.39 Å². The summed E-state index contributed by atoms with van der Waals surface area (Å²) in [6.07, 6.45) is 3.47. The van der Waals surface area contributed by atoms with E-state index in [0.29, 0.717) is 31.3 Å². The normalized spacial score (nSPS) is 19.3. The van der Waals surface area contributed by atoms with Gasteiger partial charge in [-0.05, 0) is 25.0 Å². The number of ether oxygens (including phenoxy) is 2. The van der Waals surface area contributed by atoms with Gasteiger partial charge in [0, 0.05) is 25.6 Å². The first-order chi connectivity index (χ1) is 12.7. The average Bonchev–Trinajstić information content (AvgIpc) is 3.34. The predicted octanol–water partition coefficient (Wildman–Crippen LogP) is 2.30. The molecule has 8 heteroatoms. The fraction of sp³-hybridized carbons (Fsp3) is 0.556. The molecule has 0 radical (unpaired) electrons. The monoisotopic (exact) mass is 361 g/mol. The topological polar surface area (TPSA) is 97.1 Å². The molecule has 0 aliphatic carbocycles. The molecule has 0 unspecified atom stereocenters. The van der Waals surface area contributed by atoms with E-state index in [1.807, 2.05) is 12.1 Å². The van der Waals surface area contributed by atoms with Gasteiger partial charge in [-0.25, -0.2) is 4.98 Å². The van der Waals surface area contributed by atoms with Crippen molar-refractivity contribution in [1.82, 2.24) is 4.98 Å². The molecule has 2 aromatic rings. The second-order valence-corrected chi connectivity index (χ2v) is 6.67. The molecule has 1 aromatic heterocycles. The quantitative estimate of drug-likeness (QED) is 0.809. The highest BCUT2D eigenvalue weighted by Crippen LogP contribution is 2.35. The fourth-order valence-electron chi connectivity index (χ4n) is 3.70. The third kappa shape index (κ3) is 3.47. The van der Waals surface area contributed by atoms with Crippen molar-refractivity contribution in [1.29, 1.82) is 0 Å². The molecule has 2 aliphatic rings. The highest BCUT2D eigenvalue weighted by Gasteiger charge is 2.31. The molecule has 140 valence electrons. The van der Waals surface area contributed by atoms with Gasteiger partial charge in [0.25, 0.3) is 0 Å². The number of aromatic nitrogens is 1. The van der Waals surface area contributed by atoms with Gasteiger partial charge in [-0.15, -0.1) is 0 Å². The number of anilines is 2. The van der Waals surface area contributed by atoms with E-state index >= 15 is 0 Å². The van der Waals surface area contributed by atoms with Crippen LogP contribution in [0.3, 0.4) is 0 Å². The van der Waals surface area contributed by atoms with Crippen LogP contribution in [0.2, 0.25) is 0 Å². The van der Waals surface area contributed by atoms with Gasteiger partial charge in [-0.1, -0.05) is 0 Å². The minimum atomic E-state index is -0.832.